The molecular weight excluding hydrogens is 323 g/mol. The summed E-state index contributed by atoms with van der Waals surface area (Å²) in [4.78, 5) is 30.8. The van der Waals surface area contributed by atoms with Crippen LogP contribution in [0.4, 0.5) is 4.39 Å². The SMILES string of the molecule is O=C(CCCc1nc2ccccc2c(=O)[nH]1)OCc1ccccc1F. The minimum Gasteiger partial charge on any atom is -0.461 e. The number of aryl methyl sites for hydroxylation is 1. The van der Waals surface area contributed by atoms with Gasteiger partial charge in [0, 0.05) is 18.4 Å². The first-order valence-electron chi connectivity index (χ1n) is 8.00. The summed E-state index contributed by atoms with van der Waals surface area (Å²) in [5, 5.41) is 0.538. The summed E-state index contributed by atoms with van der Waals surface area (Å²) in [6.07, 6.45) is 1.11. The van der Waals surface area contributed by atoms with Crippen LogP contribution in [-0.2, 0) is 22.6 Å². The first-order chi connectivity index (χ1) is 12.1. The molecule has 25 heavy (non-hydrogen) atoms. The summed E-state index contributed by atoms with van der Waals surface area (Å²) < 4.78 is 18.5. The number of fused-ring (bicyclic) bond motifs is 1. The number of ether oxygens (including phenoxy) is 1. The Hall–Kier alpha value is -3.02. The number of aromatic amines is 1. The molecule has 0 spiro atoms. The zero-order chi connectivity index (χ0) is 17.6. The minimum atomic E-state index is -0.411. The van der Waals surface area contributed by atoms with Crippen LogP contribution in [0.3, 0.4) is 0 Å². The van der Waals surface area contributed by atoms with E-state index >= 15 is 0 Å². The van der Waals surface area contributed by atoms with E-state index in [1.807, 2.05) is 6.07 Å². The van der Waals surface area contributed by atoms with Crippen LogP contribution in [0.25, 0.3) is 10.9 Å². The van der Waals surface area contributed by atoms with E-state index < -0.39 is 11.8 Å². The summed E-state index contributed by atoms with van der Waals surface area (Å²) in [6, 6.07) is 13.3. The second-order valence-electron chi connectivity index (χ2n) is 5.64. The average molecular weight is 340 g/mol. The predicted molar refractivity (Wildman–Crippen MR) is 91.5 cm³/mol. The van der Waals surface area contributed by atoms with Crippen LogP contribution in [-0.4, -0.2) is 15.9 Å². The monoisotopic (exact) mass is 340 g/mol. The van der Waals surface area contributed by atoms with Crippen LogP contribution in [0.1, 0.15) is 24.2 Å². The molecule has 0 saturated heterocycles. The number of rotatable bonds is 6. The number of para-hydroxylation sites is 1. The number of halogens is 1. The summed E-state index contributed by atoms with van der Waals surface area (Å²) in [5.41, 5.74) is 0.780. The highest BCUT2D eigenvalue weighted by atomic mass is 19.1. The zero-order valence-corrected chi connectivity index (χ0v) is 13.5. The third-order valence-corrected chi connectivity index (χ3v) is 3.80. The highest BCUT2D eigenvalue weighted by Gasteiger charge is 2.08. The van der Waals surface area contributed by atoms with Crippen LogP contribution in [0.5, 0.6) is 0 Å². The summed E-state index contributed by atoms with van der Waals surface area (Å²) in [7, 11) is 0. The van der Waals surface area contributed by atoms with Crippen molar-refractivity contribution in [2.45, 2.75) is 25.9 Å². The van der Waals surface area contributed by atoms with Gasteiger partial charge in [-0.3, -0.25) is 9.59 Å². The highest BCUT2D eigenvalue weighted by molar-refractivity contribution is 5.77. The van der Waals surface area contributed by atoms with Gasteiger partial charge in [0.1, 0.15) is 18.2 Å². The van der Waals surface area contributed by atoms with Gasteiger partial charge in [-0.25, -0.2) is 9.37 Å². The van der Waals surface area contributed by atoms with Gasteiger partial charge in [-0.05, 0) is 24.6 Å². The summed E-state index contributed by atoms with van der Waals surface area (Å²) in [5.74, 6) is -0.273. The maximum Gasteiger partial charge on any atom is 0.306 e. The van der Waals surface area contributed by atoms with Crippen molar-refractivity contribution in [2.75, 3.05) is 0 Å². The highest BCUT2D eigenvalue weighted by Crippen LogP contribution is 2.10. The maximum atomic E-state index is 13.4. The van der Waals surface area contributed by atoms with E-state index in [2.05, 4.69) is 9.97 Å². The van der Waals surface area contributed by atoms with Gasteiger partial charge in [0.05, 0.1) is 10.9 Å². The van der Waals surface area contributed by atoms with Gasteiger partial charge in [0.2, 0.25) is 0 Å². The van der Waals surface area contributed by atoms with E-state index in [-0.39, 0.29) is 18.6 Å². The van der Waals surface area contributed by atoms with Gasteiger partial charge in [-0.2, -0.15) is 0 Å². The van der Waals surface area contributed by atoms with Gasteiger partial charge < -0.3 is 9.72 Å². The van der Waals surface area contributed by atoms with E-state index in [4.69, 9.17) is 4.74 Å². The van der Waals surface area contributed by atoms with Crippen molar-refractivity contribution in [3.05, 3.63) is 76.1 Å². The van der Waals surface area contributed by atoms with Crippen molar-refractivity contribution in [3.63, 3.8) is 0 Å². The fourth-order valence-corrected chi connectivity index (χ4v) is 2.50. The van der Waals surface area contributed by atoms with Crippen molar-refractivity contribution < 1.29 is 13.9 Å². The van der Waals surface area contributed by atoms with Crippen molar-refractivity contribution in [1.29, 1.82) is 0 Å². The number of hydrogen-bond donors (Lipinski definition) is 1. The van der Waals surface area contributed by atoms with Crippen LogP contribution >= 0.6 is 0 Å². The number of hydrogen-bond acceptors (Lipinski definition) is 4. The van der Waals surface area contributed by atoms with Crippen molar-refractivity contribution in [2.24, 2.45) is 0 Å². The lowest BCUT2D eigenvalue weighted by Crippen LogP contribution is -2.12. The molecule has 0 amide bonds. The van der Waals surface area contributed by atoms with Gasteiger partial charge in [-0.1, -0.05) is 30.3 Å². The maximum absolute atomic E-state index is 13.4. The van der Waals surface area contributed by atoms with E-state index in [0.717, 1.165) is 0 Å². The quantitative estimate of drug-likeness (QED) is 0.700. The molecule has 0 unspecified atom stereocenters. The molecule has 1 heterocycles. The smallest absolute Gasteiger partial charge is 0.306 e. The molecule has 0 bridgehead atoms. The molecule has 3 aromatic rings. The average Bonchev–Trinajstić information content (AvgIpc) is 2.61. The normalized spacial score (nSPS) is 10.8. The van der Waals surface area contributed by atoms with Crippen molar-refractivity contribution in [1.82, 2.24) is 9.97 Å². The number of carbonyl (C=O) groups excluding carboxylic acids is 1. The molecule has 6 heteroatoms. The van der Waals surface area contributed by atoms with E-state index in [0.29, 0.717) is 35.1 Å². The van der Waals surface area contributed by atoms with Crippen molar-refractivity contribution in [3.8, 4) is 0 Å². The van der Waals surface area contributed by atoms with Crippen molar-refractivity contribution >= 4 is 16.9 Å². The number of nitrogens with one attached hydrogen (secondary N) is 1. The molecule has 0 aliphatic heterocycles. The lowest BCUT2D eigenvalue weighted by atomic mass is 10.2. The van der Waals surface area contributed by atoms with E-state index in [1.54, 1.807) is 36.4 Å². The Bertz CT molecular complexity index is 953. The fraction of sp³-hybridized carbons (Fsp3) is 0.211. The Morgan fingerprint density at radius 2 is 1.88 bits per heavy atom. The first-order valence-corrected chi connectivity index (χ1v) is 8.00. The molecule has 0 aliphatic rings. The van der Waals surface area contributed by atoms with Gasteiger partial charge >= 0.3 is 5.97 Å². The third-order valence-electron chi connectivity index (χ3n) is 3.80. The lowest BCUT2D eigenvalue weighted by molar-refractivity contribution is -0.145. The molecular formula is C19H17FN2O3. The third kappa shape index (κ3) is 4.29. The molecule has 0 fully saturated rings. The molecule has 128 valence electrons. The lowest BCUT2D eigenvalue weighted by Gasteiger charge is -2.06. The number of benzene rings is 2. The standard InChI is InChI=1S/C19H17FN2O3/c20-15-8-3-1-6-13(15)12-25-18(23)11-5-10-17-21-16-9-4-2-7-14(16)19(24)22-17/h1-4,6-9H,5,10-12H2,(H,21,22,24). The first kappa shape index (κ1) is 16.8. The Morgan fingerprint density at radius 1 is 1.12 bits per heavy atom. The summed E-state index contributed by atoms with van der Waals surface area (Å²) >= 11 is 0. The molecule has 1 N–H and O–H groups in total. The zero-order valence-electron chi connectivity index (χ0n) is 13.5. The topological polar surface area (TPSA) is 72.0 Å². The Balaban J connectivity index is 1.52. The Kier molecular flexibility index (Phi) is 5.18. The fourth-order valence-electron chi connectivity index (χ4n) is 2.50. The molecule has 5 nitrogen and oxygen atoms in total. The molecule has 3 rings (SSSR count). The van der Waals surface area contributed by atoms with Crippen LogP contribution in [0, 0.1) is 5.82 Å². The number of nitrogens with zero attached hydrogens (tertiary/aromatic N) is 1. The van der Waals surface area contributed by atoms with Crippen LogP contribution in [0.15, 0.2) is 53.3 Å². The second-order valence-corrected chi connectivity index (χ2v) is 5.64. The van der Waals surface area contributed by atoms with E-state index in [1.165, 1.54) is 6.07 Å². The van der Waals surface area contributed by atoms with Gasteiger partial charge in [0.25, 0.3) is 5.56 Å². The molecule has 0 atom stereocenters. The van der Waals surface area contributed by atoms with Crippen LogP contribution < -0.4 is 5.56 Å². The predicted octanol–water partition coefficient (Wildman–Crippen LogP) is 3.13. The number of aromatic nitrogens is 2. The molecule has 0 saturated carbocycles. The number of carbonyl (C=O) groups is 1. The van der Waals surface area contributed by atoms with Gasteiger partial charge in [-0.15, -0.1) is 0 Å². The largest absolute Gasteiger partial charge is 0.461 e. The number of esters is 1. The molecule has 0 aliphatic carbocycles. The summed E-state index contributed by atoms with van der Waals surface area (Å²) in [6.45, 7) is -0.0867. The Morgan fingerprint density at radius 3 is 2.72 bits per heavy atom. The minimum absolute atomic E-state index is 0.0867. The Labute approximate surface area is 143 Å². The molecule has 1 aromatic heterocycles. The van der Waals surface area contributed by atoms with Gasteiger partial charge in [0.15, 0.2) is 0 Å². The molecule has 2 aromatic carbocycles. The van der Waals surface area contributed by atoms with E-state index in [9.17, 15) is 14.0 Å². The van der Waals surface area contributed by atoms with Crippen LogP contribution in [0.2, 0.25) is 0 Å². The molecule has 0 radical (unpaired) electrons. The number of H-pyrrole nitrogens is 1. The second kappa shape index (κ2) is 7.70.